The van der Waals surface area contributed by atoms with Gasteiger partial charge >= 0.3 is 0 Å². The first kappa shape index (κ1) is 17.9. The van der Waals surface area contributed by atoms with Crippen molar-refractivity contribution in [1.82, 2.24) is 24.8 Å². The van der Waals surface area contributed by atoms with Crippen molar-refractivity contribution in [3.63, 3.8) is 0 Å². The predicted octanol–water partition coefficient (Wildman–Crippen LogP) is 1.58. The number of aromatic nitrogens is 4. The average Bonchev–Trinajstić information content (AvgIpc) is 3.23. The van der Waals surface area contributed by atoms with Crippen LogP contribution in [-0.4, -0.2) is 58.1 Å². The Morgan fingerprint density at radius 2 is 1.96 bits per heavy atom. The molecular formula is C19H27N7O. The Morgan fingerprint density at radius 1 is 1.19 bits per heavy atom. The second kappa shape index (κ2) is 8.04. The third-order valence-corrected chi connectivity index (χ3v) is 5.41. The molecule has 2 N–H and O–H groups in total. The molecule has 0 amide bonds. The maximum absolute atomic E-state index is 12.2. The van der Waals surface area contributed by atoms with Crippen LogP contribution in [0.4, 0.5) is 11.9 Å². The number of aromatic amines is 1. The number of likely N-dealkylation sites (tertiary alicyclic amines) is 1. The highest BCUT2D eigenvalue weighted by atomic mass is 16.1. The lowest BCUT2D eigenvalue weighted by Gasteiger charge is -2.32. The van der Waals surface area contributed by atoms with E-state index in [2.05, 4.69) is 30.1 Å². The number of piperidine rings is 1. The molecule has 2 aromatic rings. The normalized spacial score (nSPS) is 20.8. The van der Waals surface area contributed by atoms with Gasteiger partial charge in [0.05, 0.1) is 5.69 Å². The Bertz CT molecular complexity index is 814. The van der Waals surface area contributed by atoms with Crippen molar-refractivity contribution in [1.29, 1.82) is 0 Å². The second-order valence-electron chi connectivity index (χ2n) is 7.43. The highest BCUT2D eigenvalue weighted by Crippen LogP contribution is 2.27. The van der Waals surface area contributed by atoms with Gasteiger partial charge in [0.25, 0.3) is 5.56 Å². The molecule has 0 bridgehead atoms. The van der Waals surface area contributed by atoms with Crippen molar-refractivity contribution < 1.29 is 0 Å². The van der Waals surface area contributed by atoms with Gasteiger partial charge in [0.15, 0.2) is 0 Å². The van der Waals surface area contributed by atoms with Crippen LogP contribution in [0.15, 0.2) is 23.3 Å². The van der Waals surface area contributed by atoms with Crippen LogP contribution in [0.25, 0.3) is 0 Å². The van der Waals surface area contributed by atoms with Crippen LogP contribution in [-0.2, 0) is 6.54 Å². The van der Waals surface area contributed by atoms with Crippen LogP contribution >= 0.6 is 0 Å². The van der Waals surface area contributed by atoms with Crippen molar-refractivity contribution in [3.05, 3.63) is 40.1 Å². The minimum atomic E-state index is -0.0462. The van der Waals surface area contributed by atoms with E-state index >= 15 is 0 Å². The molecule has 0 spiro atoms. The summed E-state index contributed by atoms with van der Waals surface area (Å²) in [6.45, 7) is 4.73. The maximum Gasteiger partial charge on any atom is 0.252 e. The van der Waals surface area contributed by atoms with Gasteiger partial charge in [-0.2, -0.15) is 0 Å². The molecule has 1 unspecified atom stereocenters. The van der Waals surface area contributed by atoms with Crippen molar-refractivity contribution >= 4 is 11.9 Å². The molecule has 2 saturated heterocycles. The van der Waals surface area contributed by atoms with E-state index in [1.807, 2.05) is 19.4 Å². The quantitative estimate of drug-likeness (QED) is 0.827. The average molecular weight is 369 g/mol. The van der Waals surface area contributed by atoms with Crippen molar-refractivity contribution in [2.24, 2.45) is 0 Å². The topological polar surface area (TPSA) is 90.0 Å². The van der Waals surface area contributed by atoms with E-state index in [1.54, 1.807) is 6.07 Å². The molecule has 27 heavy (non-hydrogen) atoms. The molecule has 1 atom stereocenters. The Kier molecular flexibility index (Phi) is 5.33. The second-order valence-corrected chi connectivity index (χ2v) is 7.43. The van der Waals surface area contributed by atoms with E-state index in [-0.39, 0.29) is 5.56 Å². The summed E-state index contributed by atoms with van der Waals surface area (Å²) in [5.74, 6) is 1.67. The molecule has 0 aromatic carbocycles. The molecule has 0 saturated carbocycles. The van der Waals surface area contributed by atoms with Gasteiger partial charge in [-0.1, -0.05) is 0 Å². The Labute approximate surface area is 159 Å². The van der Waals surface area contributed by atoms with E-state index in [9.17, 15) is 4.79 Å². The van der Waals surface area contributed by atoms with E-state index in [0.717, 1.165) is 62.8 Å². The van der Waals surface area contributed by atoms with Crippen molar-refractivity contribution in [2.45, 2.75) is 38.1 Å². The standard InChI is InChI=1S/C19H27N7O/c1-20-18-21-10-14(11-22-18)12-25-6-4-5-15(13-25)16-9-17(27)24-19(23-16)26-7-2-3-8-26/h9-11,15H,2-8,12-13H2,1H3,(H,20,21,22)(H,23,24,27). The summed E-state index contributed by atoms with van der Waals surface area (Å²) >= 11 is 0. The van der Waals surface area contributed by atoms with Gasteiger partial charge in [-0.25, -0.2) is 15.0 Å². The van der Waals surface area contributed by atoms with E-state index in [1.165, 1.54) is 12.8 Å². The summed E-state index contributed by atoms with van der Waals surface area (Å²) in [5, 5.41) is 2.94. The molecule has 4 heterocycles. The van der Waals surface area contributed by atoms with Crippen LogP contribution in [0.2, 0.25) is 0 Å². The van der Waals surface area contributed by atoms with Gasteiger partial charge in [-0.15, -0.1) is 0 Å². The molecule has 4 rings (SSSR count). The summed E-state index contributed by atoms with van der Waals surface area (Å²) in [5.41, 5.74) is 1.98. The van der Waals surface area contributed by atoms with Crippen LogP contribution in [0.5, 0.6) is 0 Å². The highest BCUT2D eigenvalue weighted by Gasteiger charge is 2.24. The number of anilines is 2. The predicted molar refractivity (Wildman–Crippen MR) is 105 cm³/mol. The van der Waals surface area contributed by atoms with E-state index in [0.29, 0.717) is 11.9 Å². The fourth-order valence-electron chi connectivity index (χ4n) is 4.02. The fraction of sp³-hybridized carbons (Fsp3) is 0.579. The molecule has 8 nitrogen and oxygen atoms in total. The molecule has 2 aliphatic rings. The minimum absolute atomic E-state index is 0.0462. The van der Waals surface area contributed by atoms with Crippen LogP contribution < -0.4 is 15.8 Å². The van der Waals surface area contributed by atoms with E-state index < -0.39 is 0 Å². The summed E-state index contributed by atoms with van der Waals surface area (Å²) in [4.78, 5) is 33.1. The highest BCUT2D eigenvalue weighted by molar-refractivity contribution is 5.32. The zero-order valence-electron chi connectivity index (χ0n) is 15.8. The summed E-state index contributed by atoms with van der Waals surface area (Å²) in [6, 6.07) is 1.68. The number of nitrogens with one attached hydrogen (secondary N) is 2. The van der Waals surface area contributed by atoms with Crippen LogP contribution in [0, 0.1) is 0 Å². The Hall–Kier alpha value is -2.48. The third kappa shape index (κ3) is 4.27. The molecule has 144 valence electrons. The van der Waals surface area contributed by atoms with Crippen LogP contribution in [0.3, 0.4) is 0 Å². The molecule has 2 aromatic heterocycles. The number of rotatable bonds is 5. The zero-order valence-corrected chi connectivity index (χ0v) is 15.8. The first-order valence-corrected chi connectivity index (χ1v) is 9.78. The van der Waals surface area contributed by atoms with Crippen molar-refractivity contribution in [3.8, 4) is 0 Å². The van der Waals surface area contributed by atoms with Crippen LogP contribution in [0.1, 0.15) is 42.9 Å². The van der Waals surface area contributed by atoms with Gasteiger partial charge in [-0.3, -0.25) is 14.7 Å². The molecular weight excluding hydrogens is 342 g/mol. The summed E-state index contributed by atoms with van der Waals surface area (Å²) in [7, 11) is 1.81. The Morgan fingerprint density at radius 3 is 2.70 bits per heavy atom. The van der Waals surface area contributed by atoms with Gasteiger partial charge in [0.1, 0.15) is 0 Å². The largest absolute Gasteiger partial charge is 0.357 e. The van der Waals surface area contributed by atoms with Gasteiger partial charge in [0, 0.05) is 63.2 Å². The molecule has 2 fully saturated rings. The van der Waals surface area contributed by atoms with Gasteiger partial charge in [0.2, 0.25) is 11.9 Å². The first-order valence-electron chi connectivity index (χ1n) is 9.78. The Balaban J connectivity index is 1.46. The SMILES string of the molecule is CNc1ncc(CN2CCCC(c3cc(=O)[nH]c(N4CCCC4)n3)C2)cn1. The van der Waals surface area contributed by atoms with Crippen molar-refractivity contribution in [2.75, 3.05) is 43.4 Å². The third-order valence-electron chi connectivity index (χ3n) is 5.41. The summed E-state index contributed by atoms with van der Waals surface area (Å²) in [6.07, 6.45) is 8.26. The number of nitrogens with zero attached hydrogens (tertiary/aromatic N) is 5. The smallest absolute Gasteiger partial charge is 0.252 e. The number of hydrogen-bond donors (Lipinski definition) is 2. The lowest BCUT2D eigenvalue weighted by molar-refractivity contribution is 0.198. The lowest BCUT2D eigenvalue weighted by atomic mass is 9.94. The van der Waals surface area contributed by atoms with Gasteiger partial charge < -0.3 is 10.2 Å². The molecule has 2 aliphatic heterocycles. The number of hydrogen-bond acceptors (Lipinski definition) is 7. The zero-order chi connectivity index (χ0) is 18.6. The fourth-order valence-corrected chi connectivity index (χ4v) is 4.02. The minimum Gasteiger partial charge on any atom is -0.357 e. The molecule has 0 radical (unpaired) electrons. The first-order chi connectivity index (χ1) is 13.2. The van der Waals surface area contributed by atoms with Gasteiger partial charge in [-0.05, 0) is 32.2 Å². The number of H-pyrrole nitrogens is 1. The molecule has 8 heteroatoms. The summed E-state index contributed by atoms with van der Waals surface area (Å²) < 4.78 is 0. The monoisotopic (exact) mass is 369 g/mol. The van der Waals surface area contributed by atoms with E-state index in [4.69, 9.17) is 4.98 Å². The maximum atomic E-state index is 12.2. The lowest BCUT2D eigenvalue weighted by Crippen LogP contribution is -2.35. The molecule has 0 aliphatic carbocycles.